The number of para-hydroxylation sites is 1. The zero-order valence-electron chi connectivity index (χ0n) is 10.4. The van der Waals surface area contributed by atoms with Gasteiger partial charge in [-0.3, -0.25) is 9.78 Å². The van der Waals surface area contributed by atoms with E-state index in [-0.39, 0.29) is 17.4 Å². The van der Waals surface area contributed by atoms with Crippen LogP contribution in [-0.2, 0) is 6.42 Å². The molecule has 1 amide bonds. The lowest BCUT2D eigenvalue weighted by Gasteiger charge is -2.29. The summed E-state index contributed by atoms with van der Waals surface area (Å²) >= 11 is 0. The fourth-order valence-electron chi connectivity index (χ4n) is 2.37. The molecule has 5 nitrogen and oxygen atoms in total. The van der Waals surface area contributed by atoms with Gasteiger partial charge in [-0.05, 0) is 24.5 Å². The summed E-state index contributed by atoms with van der Waals surface area (Å²) in [6.07, 6.45) is 4.85. The molecule has 0 spiro atoms. The number of nitrogens with two attached hydrogens (primary N) is 1. The maximum absolute atomic E-state index is 12.5. The number of aromatic nitrogens is 2. The molecule has 0 radical (unpaired) electrons. The molecule has 5 heteroatoms. The van der Waals surface area contributed by atoms with Gasteiger partial charge >= 0.3 is 0 Å². The molecule has 0 bridgehead atoms. The molecule has 19 heavy (non-hydrogen) atoms. The minimum absolute atomic E-state index is 0.146. The summed E-state index contributed by atoms with van der Waals surface area (Å²) in [4.78, 5) is 22.2. The molecule has 2 heterocycles. The third-order valence-corrected chi connectivity index (χ3v) is 3.23. The Bertz CT molecular complexity index is 626. The highest BCUT2D eigenvalue weighted by Gasteiger charge is 2.24. The Morgan fingerprint density at radius 1 is 1.26 bits per heavy atom. The van der Waals surface area contributed by atoms with E-state index in [1.165, 1.54) is 18.0 Å². The molecule has 1 aromatic heterocycles. The number of benzene rings is 1. The van der Waals surface area contributed by atoms with Crippen LogP contribution in [0.15, 0.2) is 36.7 Å². The van der Waals surface area contributed by atoms with Crippen molar-refractivity contribution in [3.63, 3.8) is 0 Å². The van der Waals surface area contributed by atoms with E-state index in [0.29, 0.717) is 6.54 Å². The van der Waals surface area contributed by atoms with E-state index >= 15 is 0 Å². The predicted octanol–water partition coefficient (Wildman–Crippen LogP) is 1.65. The molecular weight excluding hydrogens is 240 g/mol. The maximum Gasteiger partial charge on any atom is 0.278 e. The first-order valence-corrected chi connectivity index (χ1v) is 6.23. The first-order chi connectivity index (χ1) is 9.25. The van der Waals surface area contributed by atoms with E-state index in [4.69, 9.17) is 5.73 Å². The van der Waals surface area contributed by atoms with Crippen molar-refractivity contribution in [2.45, 2.75) is 12.8 Å². The number of hydrogen-bond acceptors (Lipinski definition) is 4. The van der Waals surface area contributed by atoms with Crippen LogP contribution < -0.4 is 10.6 Å². The second-order valence-corrected chi connectivity index (χ2v) is 4.52. The Balaban J connectivity index is 1.98. The highest BCUT2D eigenvalue weighted by atomic mass is 16.2. The quantitative estimate of drug-likeness (QED) is 0.840. The monoisotopic (exact) mass is 254 g/mol. The third-order valence-electron chi connectivity index (χ3n) is 3.23. The van der Waals surface area contributed by atoms with Crippen LogP contribution in [0.2, 0.25) is 0 Å². The SMILES string of the molecule is Nc1cncc(C(=O)N2CCCc3ccccc32)n1. The lowest BCUT2D eigenvalue weighted by atomic mass is 10.0. The molecule has 96 valence electrons. The molecule has 0 unspecified atom stereocenters. The van der Waals surface area contributed by atoms with Gasteiger partial charge < -0.3 is 10.6 Å². The molecule has 3 rings (SSSR count). The Labute approximate surface area is 111 Å². The van der Waals surface area contributed by atoms with Crippen LogP contribution >= 0.6 is 0 Å². The Morgan fingerprint density at radius 3 is 2.95 bits per heavy atom. The minimum atomic E-state index is -0.146. The molecule has 2 N–H and O–H groups in total. The molecule has 1 aliphatic heterocycles. The fourth-order valence-corrected chi connectivity index (χ4v) is 2.37. The maximum atomic E-state index is 12.5. The molecule has 0 saturated carbocycles. The van der Waals surface area contributed by atoms with Crippen LogP contribution in [0.5, 0.6) is 0 Å². The topological polar surface area (TPSA) is 72.1 Å². The van der Waals surface area contributed by atoms with Crippen LogP contribution in [0.3, 0.4) is 0 Å². The molecule has 1 aromatic carbocycles. The van der Waals surface area contributed by atoms with Gasteiger partial charge in [0.1, 0.15) is 11.5 Å². The van der Waals surface area contributed by atoms with Crippen molar-refractivity contribution >= 4 is 17.4 Å². The summed E-state index contributed by atoms with van der Waals surface area (Å²) in [5.41, 5.74) is 8.02. The number of amides is 1. The summed E-state index contributed by atoms with van der Waals surface area (Å²) in [7, 11) is 0. The number of fused-ring (bicyclic) bond motifs is 1. The number of rotatable bonds is 1. The van der Waals surface area contributed by atoms with Gasteiger partial charge in [0, 0.05) is 12.2 Å². The largest absolute Gasteiger partial charge is 0.382 e. The van der Waals surface area contributed by atoms with Gasteiger partial charge in [-0.15, -0.1) is 0 Å². The van der Waals surface area contributed by atoms with Gasteiger partial charge in [-0.2, -0.15) is 0 Å². The van der Waals surface area contributed by atoms with E-state index in [1.54, 1.807) is 4.90 Å². The van der Waals surface area contributed by atoms with E-state index in [0.717, 1.165) is 18.5 Å². The summed E-state index contributed by atoms with van der Waals surface area (Å²) < 4.78 is 0. The Hall–Kier alpha value is -2.43. The first-order valence-electron chi connectivity index (χ1n) is 6.23. The highest BCUT2D eigenvalue weighted by Crippen LogP contribution is 2.27. The predicted molar refractivity (Wildman–Crippen MR) is 72.9 cm³/mol. The number of carbonyl (C=O) groups is 1. The van der Waals surface area contributed by atoms with E-state index < -0.39 is 0 Å². The van der Waals surface area contributed by atoms with Crippen molar-refractivity contribution in [1.29, 1.82) is 0 Å². The van der Waals surface area contributed by atoms with Gasteiger partial charge in [0.2, 0.25) is 0 Å². The molecule has 0 fully saturated rings. The molecule has 1 aliphatic rings. The molecule has 0 saturated heterocycles. The van der Waals surface area contributed by atoms with Crippen molar-refractivity contribution in [1.82, 2.24) is 9.97 Å². The zero-order valence-corrected chi connectivity index (χ0v) is 10.4. The molecular formula is C14H14N4O. The summed E-state index contributed by atoms with van der Waals surface area (Å²) in [5.74, 6) is 0.114. The standard InChI is InChI=1S/C14H14N4O/c15-13-9-16-8-11(17-13)14(19)18-7-3-5-10-4-1-2-6-12(10)18/h1-2,4,6,8-9H,3,5,7H2,(H2,15,17). The van der Waals surface area contributed by atoms with Crippen molar-refractivity contribution < 1.29 is 4.79 Å². The van der Waals surface area contributed by atoms with E-state index in [9.17, 15) is 4.79 Å². The number of anilines is 2. The van der Waals surface area contributed by atoms with Crippen molar-refractivity contribution in [3.05, 3.63) is 47.9 Å². The third kappa shape index (κ3) is 2.14. The summed E-state index contributed by atoms with van der Waals surface area (Å²) in [5, 5.41) is 0. The second-order valence-electron chi connectivity index (χ2n) is 4.52. The van der Waals surface area contributed by atoms with Gasteiger partial charge in [-0.1, -0.05) is 18.2 Å². The number of hydrogen-bond donors (Lipinski definition) is 1. The Kier molecular flexibility index (Phi) is 2.87. The summed E-state index contributed by atoms with van der Waals surface area (Å²) in [6, 6.07) is 7.95. The number of nitrogen functional groups attached to an aromatic ring is 1. The average Bonchev–Trinajstić information content (AvgIpc) is 2.46. The van der Waals surface area contributed by atoms with Crippen LogP contribution in [0, 0.1) is 0 Å². The fraction of sp³-hybridized carbons (Fsp3) is 0.214. The average molecular weight is 254 g/mol. The molecule has 0 aliphatic carbocycles. The second kappa shape index (κ2) is 4.68. The van der Waals surface area contributed by atoms with E-state index in [1.807, 2.05) is 18.2 Å². The number of carbonyl (C=O) groups excluding carboxylic acids is 1. The first kappa shape index (κ1) is 11.6. The van der Waals surface area contributed by atoms with E-state index in [2.05, 4.69) is 16.0 Å². The normalized spacial score (nSPS) is 14.0. The number of nitrogens with zero attached hydrogens (tertiary/aromatic N) is 3. The molecule has 2 aromatic rings. The van der Waals surface area contributed by atoms with Gasteiger partial charge in [0.25, 0.3) is 5.91 Å². The van der Waals surface area contributed by atoms with Crippen LogP contribution in [-0.4, -0.2) is 22.4 Å². The van der Waals surface area contributed by atoms with Crippen LogP contribution in [0.1, 0.15) is 22.5 Å². The van der Waals surface area contributed by atoms with Gasteiger partial charge in [0.15, 0.2) is 0 Å². The van der Waals surface area contributed by atoms with Gasteiger partial charge in [0.05, 0.1) is 12.4 Å². The lowest BCUT2D eigenvalue weighted by molar-refractivity contribution is 0.0980. The number of aryl methyl sites for hydroxylation is 1. The van der Waals surface area contributed by atoms with Crippen LogP contribution in [0.4, 0.5) is 11.5 Å². The lowest BCUT2D eigenvalue weighted by Crippen LogP contribution is -2.36. The summed E-state index contributed by atoms with van der Waals surface area (Å²) in [6.45, 7) is 0.701. The van der Waals surface area contributed by atoms with Crippen molar-refractivity contribution in [2.75, 3.05) is 17.2 Å². The zero-order chi connectivity index (χ0) is 13.2. The Morgan fingerprint density at radius 2 is 2.11 bits per heavy atom. The van der Waals surface area contributed by atoms with Crippen molar-refractivity contribution in [3.8, 4) is 0 Å². The highest BCUT2D eigenvalue weighted by molar-refractivity contribution is 6.05. The minimum Gasteiger partial charge on any atom is -0.382 e. The van der Waals surface area contributed by atoms with Crippen molar-refractivity contribution in [2.24, 2.45) is 0 Å². The van der Waals surface area contributed by atoms with Crippen LogP contribution in [0.25, 0.3) is 0 Å². The van der Waals surface area contributed by atoms with Gasteiger partial charge in [-0.25, -0.2) is 4.98 Å². The molecule has 0 atom stereocenters. The smallest absolute Gasteiger partial charge is 0.278 e.